The Labute approximate surface area is 171 Å². The quantitative estimate of drug-likeness (QED) is 0.823. The van der Waals surface area contributed by atoms with Crippen LogP contribution in [-0.2, 0) is 6.61 Å². The van der Waals surface area contributed by atoms with E-state index in [-0.39, 0.29) is 24.9 Å². The average molecular weight is 407 g/mol. The number of nitrogens with zero attached hydrogens (tertiary/aromatic N) is 1. The second kappa shape index (κ2) is 8.88. The Morgan fingerprint density at radius 3 is 2.57 bits per heavy atom. The average Bonchev–Trinajstić information content (AvgIpc) is 3.37. The molecule has 1 spiro atoms. The van der Waals surface area contributed by atoms with Gasteiger partial charge in [0.1, 0.15) is 12.4 Å². The van der Waals surface area contributed by atoms with Crippen LogP contribution in [0.2, 0.25) is 0 Å². The molecule has 2 saturated heterocycles. The molecule has 28 heavy (non-hydrogen) atoms. The smallest absolute Gasteiger partial charge is 0.289 e. The normalized spacial score (nSPS) is 18.0. The molecule has 152 valence electrons. The van der Waals surface area contributed by atoms with Crippen LogP contribution < -0.4 is 14.8 Å². The second-order valence-electron chi connectivity index (χ2n) is 7.42. The second-order valence-corrected chi connectivity index (χ2v) is 7.42. The number of para-hydroxylation sites is 2. The first-order valence-electron chi connectivity index (χ1n) is 9.54. The summed E-state index contributed by atoms with van der Waals surface area (Å²) in [7, 11) is 1.61. The predicted molar refractivity (Wildman–Crippen MR) is 108 cm³/mol. The van der Waals surface area contributed by atoms with Gasteiger partial charge in [-0.25, -0.2) is 0 Å². The third-order valence-corrected chi connectivity index (χ3v) is 5.75. The molecular formula is C21H27ClN2O4. The molecule has 1 amide bonds. The number of benzene rings is 1. The van der Waals surface area contributed by atoms with Gasteiger partial charge in [-0.3, -0.25) is 4.79 Å². The molecule has 2 aliphatic rings. The maximum atomic E-state index is 12.7. The molecule has 0 aliphatic carbocycles. The van der Waals surface area contributed by atoms with Crippen molar-refractivity contribution in [2.75, 3.05) is 33.3 Å². The van der Waals surface area contributed by atoms with E-state index in [2.05, 4.69) is 5.32 Å². The van der Waals surface area contributed by atoms with E-state index in [9.17, 15) is 4.79 Å². The van der Waals surface area contributed by atoms with E-state index in [1.807, 2.05) is 29.2 Å². The van der Waals surface area contributed by atoms with Crippen molar-refractivity contribution in [1.29, 1.82) is 0 Å². The van der Waals surface area contributed by atoms with Crippen LogP contribution in [0.5, 0.6) is 11.5 Å². The molecule has 2 fully saturated rings. The van der Waals surface area contributed by atoms with Crippen LogP contribution in [-0.4, -0.2) is 44.1 Å². The third-order valence-electron chi connectivity index (χ3n) is 5.75. The fourth-order valence-corrected chi connectivity index (χ4v) is 4.02. The summed E-state index contributed by atoms with van der Waals surface area (Å²) < 4.78 is 16.8. The molecule has 1 aromatic heterocycles. The first-order chi connectivity index (χ1) is 13.2. The number of rotatable bonds is 5. The molecule has 1 aromatic carbocycles. The first kappa shape index (κ1) is 20.6. The molecule has 0 radical (unpaired) electrons. The van der Waals surface area contributed by atoms with Gasteiger partial charge in [-0.2, -0.15) is 0 Å². The summed E-state index contributed by atoms with van der Waals surface area (Å²) >= 11 is 0. The topological polar surface area (TPSA) is 63.9 Å². The Balaban J connectivity index is 0.00000225. The molecule has 0 bridgehead atoms. The highest BCUT2D eigenvalue weighted by atomic mass is 35.5. The van der Waals surface area contributed by atoms with Crippen molar-refractivity contribution in [2.45, 2.75) is 25.9 Å². The monoisotopic (exact) mass is 406 g/mol. The molecule has 7 heteroatoms. The zero-order valence-electron chi connectivity index (χ0n) is 16.1. The lowest BCUT2D eigenvalue weighted by molar-refractivity contribution is 0.0573. The first-order valence-corrected chi connectivity index (χ1v) is 9.54. The number of hydrogen-bond donors (Lipinski definition) is 1. The molecular weight excluding hydrogens is 380 g/mol. The standard InChI is InChI=1S/C21H26N2O4.ClH/c1-25-17-4-2-3-5-18(17)26-14-16-6-7-19(27-16)20(24)23-12-9-21(10-13-23)8-11-22-15-21;/h2-7,22H,8-15H2,1H3;1H. The number of carbonyl (C=O) groups excluding carboxylic acids is 1. The summed E-state index contributed by atoms with van der Waals surface area (Å²) in [4.78, 5) is 14.7. The number of piperidine rings is 1. The van der Waals surface area contributed by atoms with E-state index in [0.29, 0.717) is 28.4 Å². The van der Waals surface area contributed by atoms with Gasteiger partial charge >= 0.3 is 0 Å². The molecule has 0 atom stereocenters. The van der Waals surface area contributed by atoms with Gasteiger partial charge in [0.2, 0.25) is 0 Å². The lowest BCUT2D eigenvalue weighted by Crippen LogP contribution is -2.43. The third kappa shape index (κ3) is 4.28. The molecule has 1 N–H and O–H groups in total. The van der Waals surface area contributed by atoms with Crippen LogP contribution >= 0.6 is 12.4 Å². The zero-order chi connectivity index (χ0) is 18.7. The number of likely N-dealkylation sites (tertiary alicyclic amines) is 1. The minimum Gasteiger partial charge on any atom is -0.493 e. The molecule has 4 rings (SSSR count). The summed E-state index contributed by atoms with van der Waals surface area (Å²) in [5, 5.41) is 3.45. The maximum absolute atomic E-state index is 12.7. The van der Waals surface area contributed by atoms with Gasteiger partial charge < -0.3 is 24.1 Å². The van der Waals surface area contributed by atoms with E-state index in [1.165, 1.54) is 6.42 Å². The fourth-order valence-electron chi connectivity index (χ4n) is 4.02. The van der Waals surface area contributed by atoms with Gasteiger partial charge in [0.25, 0.3) is 5.91 Å². The van der Waals surface area contributed by atoms with E-state index in [4.69, 9.17) is 13.9 Å². The fraction of sp³-hybridized carbons (Fsp3) is 0.476. The number of nitrogens with one attached hydrogen (secondary N) is 1. The number of carbonyl (C=O) groups is 1. The Morgan fingerprint density at radius 2 is 1.89 bits per heavy atom. The van der Waals surface area contributed by atoms with Crippen LogP contribution in [0.25, 0.3) is 0 Å². The molecule has 2 aliphatic heterocycles. The Kier molecular flexibility index (Phi) is 6.52. The highest BCUT2D eigenvalue weighted by Crippen LogP contribution is 2.37. The summed E-state index contributed by atoms with van der Waals surface area (Å²) in [6.45, 7) is 4.03. The SMILES string of the molecule is COc1ccccc1OCc1ccc(C(=O)N2CCC3(CCNC3)CC2)o1.Cl. The molecule has 2 aromatic rings. The maximum Gasteiger partial charge on any atom is 0.289 e. The molecule has 3 heterocycles. The van der Waals surface area contributed by atoms with Crippen LogP contribution in [0.4, 0.5) is 0 Å². The van der Waals surface area contributed by atoms with Gasteiger partial charge in [-0.15, -0.1) is 12.4 Å². The van der Waals surface area contributed by atoms with Crippen LogP contribution in [0.15, 0.2) is 40.8 Å². The highest BCUT2D eigenvalue weighted by molar-refractivity contribution is 5.91. The summed E-state index contributed by atoms with van der Waals surface area (Å²) in [5.74, 6) is 2.30. The Hall–Kier alpha value is -2.18. The highest BCUT2D eigenvalue weighted by Gasteiger charge is 2.38. The summed E-state index contributed by atoms with van der Waals surface area (Å²) in [6.07, 6.45) is 3.35. The van der Waals surface area contributed by atoms with E-state index >= 15 is 0 Å². The van der Waals surface area contributed by atoms with Crippen LogP contribution in [0.1, 0.15) is 35.6 Å². The summed E-state index contributed by atoms with van der Waals surface area (Å²) in [5.41, 5.74) is 0.397. The van der Waals surface area contributed by atoms with Gasteiger partial charge in [0.15, 0.2) is 17.3 Å². The van der Waals surface area contributed by atoms with Gasteiger partial charge in [0.05, 0.1) is 7.11 Å². The van der Waals surface area contributed by atoms with Crippen molar-refractivity contribution >= 4 is 18.3 Å². The van der Waals surface area contributed by atoms with Gasteiger partial charge in [-0.05, 0) is 55.5 Å². The lowest BCUT2D eigenvalue weighted by Gasteiger charge is -2.38. The van der Waals surface area contributed by atoms with E-state index in [1.54, 1.807) is 19.2 Å². The van der Waals surface area contributed by atoms with E-state index in [0.717, 1.165) is 39.0 Å². The number of halogens is 1. The van der Waals surface area contributed by atoms with Crippen LogP contribution in [0.3, 0.4) is 0 Å². The van der Waals surface area contributed by atoms with Crippen molar-refractivity contribution in [3.63, 3.8) is 0 Å². The van der Waals surface area contributed by atoms with Crippen molar-refractivity contribution in [3.8, 4) is 11.5 Å². The minimum atomic E-state index is -0.0284. The number of ether oxygens (including phenoxy) is 2. The zero-order valence-corrected chi connectivity index (χ0v) is 16.9. The lowest BCUT2D eigenvalue weighted by atomic mass is 9.78. The van der Waals surface area contributed by atoms with Gasteiger partial charge in [0, 0.05) is 19.6 Å². The number of hydrogen-bond acceptors (Lipinski definition) is 5. The van der Waals surface area contributed by atoms with Gasteiger partial charge in [-0.1, -0.05) is 12.1 Å². The minimum absolute atomic E-state index is 0. The van der Waals surface area contributed by atoms with Crippen LogP contribution in [0, 0.1) is 5.41 Å². The van der Waals surface area contributed by atoms with Crippen molar-refractivity contribution in [2.24, 2.45) is 5.41 Å². The Morgan fingerprint density at radius 1 is 1.14 bits per heavy atom. The van der Waals surface area contributed by atoms with Crippen molar-refractivity contribution in [1.82, 2.24) is 10.2 Å². The molecule has 0 saturated carbocycles. The number of amides is 1. The van der Waals surface area contributed by atoms with Crippen molar-refractivity contribution < 1.29 is 18.7 Å². The Bertz CT molecular complexity index is 791. The largest absolute Gasteiger partial charge is 0.493 e. The molecule has 6 nitrogen and oxygen atoms in total. The summed E-state index contributed by atoms with van der Waals surface area (Å²) in [6, 6.07) is 11.0. The number of methoxy groups -OCH3 is 1. The molecule has 0 unspecified atom stereocenters. The predicted octanol–water partition coefficient (Wildman–Crippen LogP) is 3.50. The van der Waals surface area contributed by atoms with E-state index < -0.39 is 0 Å². The van der Waals surface area contributed by atoms with Crippen molar-refractivity contribution in [3.05, 3.63) is 47.9 Å². The number of furan rings is 1.